The number of fused-ring (bicyclic) bond motifs is 2. The largest absolute Gasteiger partial charge is 0.476 e. The fraction of sp³-hybridized carbons (Fsp3) is 0.158. The van der Waals surface area contributed by atoms with Crippen LogP contribution in [0.2, 0.25) is 0 Å². The zero-order valence-electron chi connectivity index (χ0n) is 15.1. The lowest BCUT2D eigenvalue weighted by Crippen LogP contribution is -2.03. The number of aromatic carboxylic acids is 1. The van der Waals surface area contributed by atoms with Gasteiger partial charge >= 0.3 is 11.9 Å². The number of rotatable bonds is 2. The lowest BCUT2D eigenvalue weighted by atomic mass is 10.2. The molecule has 138 valence electrons. The Morgan fingerprint density at radius 3 is 1.78 bits per heavy atom. The zero-order chi connectivity index (χ0) is 19.6. The SMILES string of the molecule is COC(=O)c1nn(C)c2ccccc12.Cn1nc(C(=O)O)c2ccccc21. The first kappa shape index (κ1) is 18.1. The van der Waals surface area contributed by atoms with Crippen molar-refractivity contribution < 1.29 is 19.4 Å². The van der Waals surface area contributed by atoms with Gasteiger partial charge in [0.2, 0.25) is 0 Å². The molecule has 0 aliphatic rings. The summed E-state index contributed by atoms with van der Waals surface area (Å²) in [4.78, 5) is 22.1. The Hall–Kier alpha value is -3.68. The highest BCUT2D eigenvalue weighted by atomic mass is 16.5. The molecule has 2 aromatic heterocycles. The third-order valence-electron chi connectivity index (χ3n) is 4.10. The molecular formula is C19H18N4O4. The number of carbonyl (C=O) groups excluding carboxylic acids is 1. The number of esters is 1. The van der Waals surface area contributed by atoms with E-state index < -0.39 is 11.9 Å². The van der Waals surface area contributed by atoms with Crippen molar-refractivity contribution in [1.82, 2.24) is 19.6 Å². The first-order chi connectivity index (χ1) is 12.9. The predicted octanol–water partition coefficient (Wildman–Crippen LogP) is 2.63. The normalized spacial score (nSPS) is 10.5. The number of ether oxygens (including phenoxy) is 1. The molecule has 27 heavy (non-hydrogen) atoms. The van der Waals surface area contributed by atoms with Crippen LogP contribution in [-0.4, -0.2) is 43.7 Å². The molecule has 8 nitrogen and oxygen atoms in total. The van der Waals surface area contributed by atoms with Gasteiger partial charge in [-0.2, -0.15) is 10.2 Å². The average Bonchev–Trinajstić information content (AvgIpc) is 3.20. The molecule has 0 radical (unpaired) electrons. The van der Waals surface area contributed by atoms with Crippen molar-refractivity contribution in [2.75, 3.05) is 7.11 Å². The number of nitrogens with zero attached hydrogens (tertiary/aromatic N) is 4. The summed E-state index contributed by atoms with van der Waals surface area (Å²) < 4.78 is 7.88. The Labute approximate surface area is 154 Å². The molecule has 0 atom stereocenters. The van der Waals surface area contributed by atoms with E-state index in [0.29, 0.717) is 11.1 Å². The number of carboxylic acid groups (broad SMARTS) is 1. The van der Waals surface area contributed by atoms with Gasteiger partial charge in [-0.05, 0) is 12.1 Å². The minimum Gasteiger partial charge on any atom is -0.476 e. The van der Waals surface area contributed by atoms with Crippen LogP contribution >= 0.6 is 0 Å². The highest BCUT2D eigenvalue weighted by molar-refractivity contribution is 6.02. The molecule has 0 spiro atoms. The van der Waals surface area contributed by atoms with Crippen molar-refractivity contribution in [2.45, 2.75) is 0 Å². The Bertz CT molecular complexity index is 1140. The van der Waals surface area contributed by atoms with E-state index in [4.69, 9.17) is 5.11 Å². The van der Waals surface area contributed by atoms with Crippen LogP contribution in [0.15, 0.2) is 48.5 Å². The van der Waals surface area contributed by atoms with Crippen molar-refractivity contribution in [3.05, 3.63) is 59.9 Å². The van der Waals surface area contributed by atoms with Gasteiger partial charge in [-0.15, -0.1) is 0 Å². The van der Waals surface area contributed by atoms with E-state index in [1.165, 1.54) is 7.11 Å². The van der Waals surface area contributed by atoms with Gasteiger partial charge in [-0.1, -0.05) is 36.4 Å². The summed E-state index contributed by atoms with van der Waals surface area (Å²) in [6.07, 6.45) is 0. The van der Waals surface area contributed by atoms with E-state index in [1.54, 1.807) is 35.6 Å². The summed E-state index contributed by atoms with van der Waals surface area (Å²) in [5, 5.41) is 18.3. The number of methoxy groups -OCH3 is 1. The molecule has 0 aliphatic heterocycles. The Morgan fingerprint density at radius 1 is 0.852 bits per heavy atom. The lowest BCUT2D eigenvalue weighted by Gasteiger charge is -1.93. The van der Waals surface area contributed by atoms with Gasteiger partial charge in [-0.3, -0.25) is 9.36 Å². The van der Waals surface area contributed by atoms with Crippen molar-refractivity contribution in [3.8, 4) is 0 Å². The van der Waals surface area contributed by atoms with Crippen LogP contribution in [-0.2, 0) is 18.8 Å². The summed E-state index contributed by atoms with van der Waals surface area (Å²) in [6.45, 7) is 0. The fourth-order valence-corrected chi connectivity index (χ4v) is 2.83. The van der Waals surface area contributed by atoms with Crippen LogP contribution in [0.5, 0.6) is 0 Å². The van der Waals surface area contributed by atoms with Crippen LogP contribution in [0.4, 0.5) is 0 Å². The molecule has 0 unspecified atom stereocenters. The van der Waals surface area contributed by atoms with Crippen molar-refractivity contribution in [2.24, 2.45) is 14.1 Å². The average molecular weight is 366 g/mol. The Morgan fingerprint density at radius 2 is 1.30 bits per heavy atom. The molecule has 0 saturated heterocycles. The minimum atomic E-state index is -0.989. The van der Waals surface area contributed by atoms with Crippen molar-refractivity contribution in [1.29, 1.82) is 0 Å². The summed E-state index contributed by atoms with van der Waals surface area (Å²) in [5.41, 5.74) is 2.23. The van der Waals surface area contributed by atoms with Crippen LogP contribution in [0.25, 0.3) is 21.8 Å². The highest BCUT2D eigenvalue weighted by Gasteiger charge is 2.15. The number of hydrogen-bond donors (Lipinski definition) is 1. The third-order valence-corrected chi connectivity index (χ3v) is 4.10. The second-order valence-electron chi connectivity index (χ2n) is 5.78. The van der Waals surface area contributed by atoms with Crippen LogP contribution < -0.4 is 0 Å². The Balaban J connectivity index is 0.000000156. The number of aryl methyl sites for hydroxylation is 2. The Kier molecular flexibility index (Phi) is 4.89. The van der Waals surface area contributed by atoms with Crippen LogP contribution in [0.3, 0.4) is 0 Å². The third kappa shape index (κ3) is 3.37. The van der Waals surface area contributed by atoms with E-state index in [9.17, 15) is 9.59 Å². The molecule has 4 rings (SSSR count). The van der Waals surface area contributed by atoms with E-state index in [2.05, 4.69) is 14.9 Å². The molecule has 2 heterocycles. The molecule has 2 aromatic carbocycles. The number of carboxylic acids is 1. The quantitative estimate of drug-likeness (QED) is 0.548. The maximum Gasteiger partial charge on any atom is 0.359 e. The van der Waals surface area contributed by atoms with Crippen LogP contribution in [0.1, 0.15) is 21.0 Å². The number of carbonyl (C=O) groups is 2. The number of benzene rings is 2. The van der Waals surface area contributed by atoms with Gasteiger partial charge in [0, 0.05) is 24.9 Å². The molecule has 0 bridgehead atoms. The smallest absolute Gasteiger partial charge is 0.359 e. The minimum absolute atomic E-state index is 0.109. The lowest BCUT2D eigenvalue weighted by molar-refractivity contribution is 0.0594. The van der Waals surface area contributed by atoms with E-state index in [1.807, 2.05) is 36.4 Å². The molecule has 4 aromatic rings. The van der Waals surface area contributed by atoms with Crippen molar-refractivity contribution >= 4 is 33.7 Å². The van der Waals surface area contributed by atoms with E-state index >= 15 is 0 Å². The van der Waals surface area contributed by atoms with Crippen molar-refractivity contribution in [3.63, 3.8) is 0 Å². The van der Waals surface area contributed by atoms with E-state index in [0.717, 1.165) is 16.4 Å². The summed E-state index contributed by atoms with van der Waals surface area (Å²) in [6, 6.07) is 14.8. The number of hydrogen-bond acceptors (Lipinski definition) is 5. The molecule has 0 aliphatic carbocycles. The zero-order valence-corrected chi connectivity index (χ0v) is 15.1. The number of para-hydroxylation sites is 2. The summed E-state index contributed by atoms with van der Waals surface area (Å²) in [7, 11) is 4.88. The number of aromatic nitrogens is 4. The predicted molar refractivity (Wildman–Crippen MR) is 99.7 cm³/mol. The molecule has 8 heteroatoms. The highest BCUT2D eigenvalue weighted by Crippen LogP contribution is 2.18. The maximum atomic E-state index is 11.3. The molecular weight excluding hydrogens is 348 g/mol. The topological polar surface area (TPSA) is 99.2 Å². The molecule has 0 fully saturated rings. The van der Waals surface area contributed by atoms with Gasteiger partial charge in [0.15, 0.2) is 11.4 Å². The maximum absolute atomic E-state index is 11.3. The first-order valence-electron chi connectivity index (χ1n) is 8.09. The van der Waals surface area contributed by atoms with Gasteiger partial charge in [0.1, 0.15) is 0 Å². The van der Waals surface area contributed by atoms with Gasteiger partial charge in [-0.25, -0.2) is 9.59 Å². The monoisotopic (exact) mass is 366 g/mol. The van der Waals surface area contributed by atoms with Gasteiger partial charge in [0.05, 0.1) is 18.1 Å². The summed E-state index contributed by atoms with van der Waals surface area (Å²) in [5.74, 6) is -1.39. The molecule has 1 N–H and O–H groups in total. The van der Waals surface area contributed by atoms with Crippen LogP contribution in [0, 0.1) is 0 Å². The standard InChI is InChI=1S/C10H10N2O2.C9H8N2O2/c1-12-8-6-4-3-5-7(8)9(11-12)10(13)14-2;1-11-7-5-3-2-4-6(7)8(10-11)9(12)13/h3-6H,1-2H3;2-5H,1H3,(H,12,13). The van der Waals surface area contributed by atoms with E-state index in [-0.39, 0.29) is 5.69 Å². The summed E-state index contributed by atoms with van der Waals surface area (Å²) >= 11 is 0. The van der Waals surface area contributed by atoms with Gasteiger partial charge < -0.3 is 9.84 Å². The second kappa shape index (κ2) is 7.28. The van der Waals surface area contributed by atoms with Gasteiger partial charge in [0.25, 0.3) is 0 Å². The molecule has 0 saturated carbocycles. The fourth-order valence-electron chi connectivity index (χ4n) is 2.83. The first-order valence-corrected chi connectivity index (χ1v) is 8.09. The molecule has 0 amide bonds. The second-order valence-corrected chi connectivity index (χ2v) is 5.78.